The van der Waals surface area contributed by atoms with E-state index in [1.165, 1.54) is 11.0 Å². The lowest BCUT2D eigenvalue weighted by Gasteiger charge is -2.57. The van der Waals surface area contributed by atoms with Crippen LogP contribution in [0.3, 0.4) is 0 Å². The third-order valence-electron chi connectivity index (χ3n) is 6.12. The molecule has 3 heterocycles. The van der Waals surface area contributed by atoms with Gasteiger partial charge in [0.25, 0.3) is 0 Å². The Morgan fingerprint density at radius 1 is 1.21 bits per heavy atom. The summed E-state index contributed by atoms with van der Waals surface area (Å²) in [5, 5.41) is 0.869. The molecule has 7 heteroatoms. The first-order valence-corrected chi connectivity index (χ1v) is 9.75. The average Bonchev–Trinajstić information content (AvgIpc) is 2.96. The SMILES string of the molecule is Cc1cc2cc(OCC3=CC=CN(C4CC5(COC5)C4)C3C(F)(F)F)ccc2o1. The molecule has 29 heavy (non-hydrogen) atoms. The van der Waals surface area contributed by atoms with E-state index in [-0.39, 0.29) is 23.6 Å². The molecule has 1 spiro atoms. The number of benzene rings is 1. The summed E-state index contributed by atoms with van der Waals surface area (Å²) in [7, 11) is 0. The van der Waals surface area contributed by atoms with Crippen molar-refractivity contribution in [2.45, 2.75) is 38.0 Å². The van der Waals surface area contributed by atoms with Crippen LogP contribution in [-0.2, 0) is 4.74 Å². The molecule has 1 aliphatic carbocycles. The fourth-order valence-corrected chi connectivity index (χ4v) is 4.66. The molecule has 3 aliphatic rings. The van der Waals surface area contributed by atoms with Crippen LogP contribution >= 0.6 is 0 Å². The number of hydrogen-bond donors (Lipinski definition) is 0. The highest BCUT2D eigenvalue weighted by Gasteiger charge is 2.56. The van der Waals surface area contributed by atoms with E-state index < -0.39 is 12.2 Å². The summed E-state index contributed by atoms with van der Waals surface area (Å²) in [6.45, 7) is 3.07. The van der Waals surface area contributed by atoms with Crippen molar-refractivity contribution in [3.63, 3.8) is 0 Å². The average molecular weight is 405 g/mol. The fraction of sp³-hybridized carbons (Fsp3) is 0.455. The van der Waals surface area contributed by atoms with Crippen LogP contribution in [0.4, 0.5) is 13.2 Å². The Kier molecular flexibility index (Phi) is 4.21. The number of halogens is 3. The number of nitrogens with zero attached hydrogens (tertiary/aromatic N) is 1. The van der Waals surface area contributed by atoms with Gasteiger partial charge in [-0.2, -0.15) is 13.2 Å². The number of furan rings is 1. The normalized spacial score (nSPS) is 23.8. The number of alkyl halides is 3. The fourth-order valence-electron chi connectivity index (χ4n) is 4.66. The number of ether oxygens (including phenoxy) is 2. The predicted molar refractivity (Wildman–Crippen MR) is 102 cm³/mol. The van der Waals surface area contributed by atoms with Crippen LogP contribution in [-0.4, -0.2) is 43.0 Å². The van der Waals surface area contributed by atoms with E-state index in [1.807, 2.05) is 13.0 Å². The molecule has 0 bridgehead atoms. The van der Waals surface area contributed by atoms with Gasteiger partial charge in [-0.05, 0) is 55.7 Å². The first kappa shape index (κ1) is 18.6. The molecule has 1 saturated carbocycles. The minimum Gasteiger partial charge on any atom is -0.489 e. The van der Waals surface area contributed by atoms with E-state index in [9.17, 15) is 13.2 Å². The van der Waals surface area contributed by atoms with Gasteiger partial charge in [-0.25, -0.2) is 0 Å². The van der Waals surface area contributed by atoms with Gasteiger partial charge in [0.1, 0.15) is 23.7 Å². The lowest BCUT2D eigenvalue weighted by atomic mass is 9.63. The molecule has 2 aromatic rings. The maximum Gasteiger partial charge on any atom is 0.412 e. The molecule has 1 aromatic heterocycles. The molecule has 2 aliphatic heterocycles. The van der Waals surface area contributed by atoms with Crippen LogP contribution < -0.4 is 4.74 Å². The summed E-state index contributed by atoms with van der Waals surface area (Å²) in [6.07, 6.45) is 1.90. The Labute approximate surface area is 166 Å². The monoisotopic (exact) mass is 405 g/mol. The maximum absolute atomic E-state index is 14.0. The van der Waals surface area contributed by atoms with Crippen LogP contribution in [0.5, 0.6) is 5.75 Å². The number of fused-ring (bicyclic) bond motifs is 1. The largest absolute Gasteiger partial charge is 0.489 e. The van der Waals surface area contributed by atoms with Gasteiger partial charge in [-0.15, -0.1) is 0 Å². The second-order valence-electron chi connectivity index (χ2n) is 8.37. The summed E-state index contributed by atoms with van der Waals surface area (Å²) in [4.78, 5) is 1.46. The van der Waals surface area contributed by atoms with Crippen molar-refractivity contribution in [3.05, 3.63) is 54.0 Å². The second kappa shape index (κ2) is 6.55. The van der Waals surface area contributed by atoms with Crippen molar-refractivity contribution >= 4 is 11.0 Å². The van der Waals surface area contributed by atoms with E-state index in [0.29, 0.717) is 19.0 Å². The topological polar surface area (TPSA) is 34.8 Å². The van der Waals surface area contributed by atoms with Crippen molar-refractivity contribution in [1.29, 1.82) is 0 Å². The molecule has 2 fully saturated rings. The smallest absolute Gasteiger partial charge is 0.412 e. The Hall–Kier alpha value is -2.41. The van der Waals surface area contributed by atoms with Crippen LogP contribution in [0.25, 0.3) is 11.0 Å². The Morgan fingerprint density at radius 2 is 2.00 bits per heavy atom. The Morgan fingerprint density at radius 3 is 2.69 bits per heavy atom. The van der Waals surface area contributed by atoms with Crippen LogP contribution in [0.15, 0.2) is 52.6 Å². The van der Waals surface area contributed by atoms with E-state index >= 15 is 0 Å². The van der Waals surface area contributed by atoms with Gasteiger partial charge in [0.05, 0.1) is 13.2 Å². The van der Waals surface area contributed by atoms with Crippen LogP contribution in [0.1, 0.15) is 18.6 Å². The summed E-state index contributed by atoms with van der Waals surface area (Å²) < 4.78 is 58.5. The zero-order valence-corrected chi connectivity index (χ0v) is 16.0. The third kappa shape index (κ3) is 3.31. The minimum absolute atomic E-state index is 0.102. The Balaban J connectivity index is 1.32. The summed E-state index contributed by atoms with van der Waals surface area (Å²) >= 11 is 0. The molecular weight excluding hydrogens is 383 g/mol. The van der Waals surface area contributed by atoms with Crippen molar-refractivity contribution in [3.8, 4) is 5.75 Å². The van der Waals surface area contributed by atoms with Crippen molar-refractivity contribution in [2.75, 3.05) is 19.8 Å². The minimum atomic E-state index is -4.37. The quantitative estimate of drug-likeness (QED) is 0.718. The Bertz CT molecular complexity index is 979. The second-order valence-corrected chi connectivity index (χ2v) is 8.37. The van der Waals surface area contributed by atoms with Crippen molar-refractivity contribution in [2.24, 2.45) is 5.41 Å². The van der Waals surface area contributed by atoms with Crippen molar-refractivity contribution in [1.82, 2.24) is 4.90 Å². The first-order chi connectivity index (χ1) is 13.8. The van der Waals surface area contributed by atoms with E-state index in [1.54, 1.807) is 30.5 Å². The maximum atomic E-state index is 14.0. The summed E-state index contributed by atoms with van der Waals surface area (Å²) in [5.74, 6) is 1.30. The van der Waals surface area contributed by atoms with Gasteiger partial charge in [-0.3, -0.25) is 0 Å². The van der Waals surface area contributed by atoms with Crippen LogP contribution in [0, 0.1) is 12.3 Å². The highest BCUT2D eigenvalue weighted by atomic mass is 19.4. The molecule has 0 N–H and O–H groups in total. The zero-order valence-electron chi connectivity index (χ0n) is 16.0. The number of allylic oxidation sites excluding steroid dienone is 2. The molecule has 5 rings (SSSR count). The lowest BCUT2D eigenvalue weighted by Crippen LogP contribution is -2.62. The summed E-state index contributed by atoms with van der Waals surface area (Å²) in [5.41, 5.74) is 1.05. The molecule has 1 saturated heterocycles. The van der Waals surface area contributed by atoms with Gasteiger partial charge < -0.3 is 18.8 Å². The molecule has 0 radical (unpaired) electrons. The third-order valence-corrected chi connectivity index (χ3v) is 6.12. The highest BCUT2D eigenvalue weighted by molar-refractivity contribution is 5.79. The molecule has 1 aromatic carbocycles. The van der Waals surface area contributed by atoms with E-state index in [0.717, 1.165) is 29.6 Å². The molecule has 1 unspecified atom stereocenters. The number of aryl methyl sites for hydroxylation is 1. The lowest BCUT2D eigenvalue weighted by molar-refractivity contribution is -0.211. The zero-order chi connectivity index (χ0) is 20.2. The van der Waals surface area contributed by atoms with E-state index in [2.05, 4.69) is 0 Å². The van der Waals surface area contributed by atoms with Gasteiger partial charge in [0.15, 0.2) is 6.04 Å². The van der Waals surface area contributed by atoms with Crippen LogP contribution in [0.2, 0.25) is 0 Å². The van der Waals surface area contributed by atoms with E-state index in [4.69, 9.17) is 13.9 Å². The van der Waals surface area contributed by atoms with Gasteiger partial charge >= 0.3 is 6.18 Å². The van der Waals surface area contributed by atoms with Crippen molar-refractivity contribution < 1.29 is 27.1 Å². The summed E-state index contributed by atoms with van der Waals surface area (Å²) in [6, 6.07) is 5.39. The number of rotatable bonds is 4. The number of hydrogen-bond acceptors (Lipinski definition) is 4. The molecule has 0 amide bonds. The molecule has 1 atom stereocenters. The molecule has 154 valence electrons. The van der Waals surface area contributed by atoms with Gasteiger partial charge in [0.2, 0.25) is 0 Å². The standard InChI is InChI=1S/C22H22F3NO3/c1-14-7-16-8-18(4-5-19(16)29-14)28-11-15-3-2-6-26(20(15)22(23,24)25)17-9-21(10-17)12-27-13-21/h2-8,17,20H,9-13H2,1H3. The highest BCUT2D eigenvalue weighted by Crippen LogP contribution is 2.51. The predicted octanol–water partition coefficient (Wildman–Crippen LogP) is 4.99. The molecule has 4 nitrogen and oxygen atoms in total. The first-order valence-electron chi connectivity index (χ1n) is 9.75. The van der Waals surface area contributed by atoms with Gasteiger partial charge in [-0.1, -0.05) is 6.08 Å². The van der Waals surface area contributed by atoms with Gasteiger partial charge in [0, 0.05) is 23.0 Å². The molecular formula is C22H22F3NO3.